The summed E-state index contributed by atoms with van der Waals surface area (Å²) in [5, 5.41) is 7.59. The summed E-state index contributed by atoms with van der Waals surface area (Å²) < 4.78 is 8.56. The van der Waals surface area contributed by atoms with Gasteiger partial charge >= 0.3 is 0 Å². The molecule has 0 saturated heterocycles. The summed E-state index contributed by atoms with van der Waals surface area (Å²) in [4.78, 5) is 0. The maximum absolute atomic E-state index is 5.68. The summed E-state index contributed by atoms with van der Waals surface area (Å²) in [6.07, 6.45) is 1.88. The maximum Gasteiger partial charge on any atom is 0.0829 e. The van der Waals surface area contributed by atoms with E-state index in [0.717, 1.165) is 10.2 Å². The molecule has 0 spiro atoms. The van der Waals surface area contributed by atoms with Gasteiger partial charge in [0, 0.05) is 14.2 Å². The lowest BCUT2D eigenvalue weighted by Gasteiger charge is -2.36. The zero-order chi connectivity index (χ0) is 13.2. The summed E-state index contributed by atoms with van der Waals surface area (Å²) in [5.41, 5.74) is 1.15. The molecule has 0 fully saturated rings. The minimum atomic E-state index is 0.0478. The van der Waals surface area contributed by atoms with Crippen molar-refractivity contribution in [3.63, 3.8) is 0 Å². The Bertz CT molecular complexity index is 351. The third-order valence-electron chi connectivity index (χ3n) is 2.95. The van der Waals surface area contributed by atoms with Crippen LogP contribution in [0.2, 0.25) is 0 Å². The molecule has 0 amide bonds. The molecule has 0 aliphatic carbocycles. The van der Waals surface area contributed by atoms with Crippen LogP contribution >= 0.6 is 15.9 Å². The fraction of sp³-hybridized carbons (Fsp3) is 0.750. The van der Waals surface area contributed by atoms with Gasteiger partial charge in [0.15, 0.2) is 0 Å². The van der Waals surface area contributed by atoms with Crippen LogP contribution in [0.5, 0.6) is 0 Å². The first-order valence-electron chi connectivity index (χ1n) is 5.70. The summed E-state index contributed by atoms with van der Waals surface area (Å²) in [6, 6.07) is 0.0990. The van der Waals surface area contributed by atoms with Crippen LogP contribution in [0.1, 0.15) is 32.5 Å². The Hall–Kier alpha value is -0.390. The summed E-state index contributed by atoms with van der Waals surface area (Å²) in [5.74, 6) is 0. The van der Waals surface area contributed by atoms with Gasteiger partial charge in [-0.05, 0) is 28.4 Å². The Morgan fingerprint density at radius 1 is 1.47 bits per heavy atom. The first kappa shape index (κ1) is 14.7. The van der Waals surface area contributed by atoms with E-state index in [1.54, 1.807) is 7.11 Å². The number of aryl methyl sites for hydroxylation is 1. The van der Waals surface area contributed by atoms with Crippen LogP contribution in [0.4, 0.5) is 0 Å². The Kier molecular flexibility index (Phi) is 4.75. The van der Waals surface area contributed by atoms with E-state index < -0.39 is 0 Å². The van der Waals surface area contributed by atoms with Crippen LogP contribution in [0.15, 0.2) is 10.7 Å². The number of rotatable bonds is 4. The first-order chi connectivity index (χ1) is 7.82. The largest absolute Gasteiger partial charge is 0.379 e. The molecule has 1 aromatic heterocycles. The Morgan fingerprint density at radius 3 is 2.35 bits per heavy atom. The second kappa shape index (κ2) is 5.50. The smallest absolute Gasteiger partial charge is 0.0829 e. The van der Waals surface area contributed by atoms with Crippen molar-refractivity contribution in [2.24, 2.45) is 12.5 Å². The van der Waals surface area contributed by atoms with Gasteiger partial charge in [0.25, 0.3) is 0 Å². The number of likely N-dealkylation sites (N-methyl/N-ethyl adjacent to an activating group) is 1. The number of methoxy groups -OCH3 is 1. The molecule has 98 valence electrons. The molecule has 0 aliphatic heterocycles. The molecule has 2 atom stereocenters. The van der Waals surface area contributed by atoms with Gasteiger partial charge in [-0.15, -0.1) is 0 Å². The first-order valence-corrected chi connectivity index (χ1v) is 6.49. The Morgan fingerprint density at radius 2 is 2.06 bits per heavy atom. The van der Waals surface area contributed by atoms with Crippen LogP contribution < -0.4 is 5.32 Å². The molecule has 1 N–H and O–H groups in total. The van der Waals surface area contributed by atoms with Crippen molar-refractivity contribution in [1.82, 2.24) is 15.1 Å². The molecule has 0 bridgehead atoms. The van der Waals surface area contributed by atoms with Gasteiger partial charge in [-0.3, -0.25) is 4.68 Å². The average molecular weight is 304 g/mol. The average Bonchev–Trinajstić information content (AvgIpc) is 2.54. The monoisotopic (exact) mass is 303 g/mol. The number of nitrogens with one attached hydrogen (secondary N) is 1. The number of nitrogens with zero attached hydrogens (tertiary/aromatic N) is 2. The topological polar surface area (TPSA) is 39.1 Å². The van der Waals surface area contributed by atoms with Crippen LogP contribution in [0.3, 0.4) is 0 Å². The molecule has 0 aliphatic rings. The Labute approximate surface area is 112 Å². The van der Waals surface area contributed by atoms with Crippen LogP contribution in [0, 0.1) is 5.41 Å². The molecule has 0 saturated carbocycles. The van der Waals surface area contributed by atoms with Crippen LogP contribution in [0.25, 0.3) is 0 Å². The number of ether oxygens (including phenoxy) is 1. The molecule has 0 aromatic carbocycles. The van der Waals surface area contributed by atoms with Gasteiger partial charge in [0.2, 0.25) is 0 Å². The van der Waals surface area contributed by atoms with Gasteiger partial charge in [0.05, 0.1) is 28.5 Å². The normalized spacial score (nSPS) is 15.9. The molecule has 17 heavy (non-hydrogen) atoms. The van der Waals surface area contributed by atoms with E-state index in [1.807, 2.05) is 25.0 Å². The second-order valence-electron chi connectivity index (χ2n) is 5.29. The van der Waals surface area contributed by atoms with Crippen molar-refractivity contribution >= 4 is 15.9 Å². The van der Waals surface area contributed by atoms with E-state index in [4.69, 9.17) is 4.74 Å². The third-order valence-corrected chi connectivity index (χ3v) is 3.56. The van der Waals surface area contributed by atoms with E-state index >= 15 is 0 Å². The molecule has 5 heteroatoms. The molecule has 4 nitrogen and oxygen atoms in total. The fourth-order valence-corrected chi connectivity index (χ4v) is 2.79. The molecular formula is C12H22BrN3O. The SMILES string of the molecule is CNC(c1c(Br)cnn1C)C(OC)C(C)(C)C. The van der Waals surface area contributed by atoms with Crippen LogP contribution in [-0.4, -0.2) is 30.0 Å². The maximum atomic E-state index is 5.68. The second-order valence-corrected chi connectivity index (χ2v) is 6.14. The van der Waals surface area contributed by atoms with E-state index in [2.05, 4.69) is 47.1 Å². The summed E-state index contributed by atoms with van der Waals surface area (Å²) in [7, 11) is 5.65. The molecular weight excluding hydrogens is 282 g/mol. The molecule has 0 radical (unpaired) electrons. The van der Waals surface area contributed by atoms with Crippen molar-refractivity contribution in [3.05, 3.63) is 16.4 Å². The standard InChI is InChI=1S/C12H22BrN3O/c1-12(2,3)11(17-6)9(14-4)10-8(13)7-15-16(10)5/h7,9,11,14H,1-6H3. The number of hydrogen-bond donors (Lipinski definition) is 1. The van der Waals surface area contributed by atoms with Crippen molar-refractivity contribution in [2.75, 3.05) is 14.2 Å². The zero-order valence-electron chi connectivity index (χ0n) is 11.4. The molecule has 1 aromatic rings. The molecule has 1 heterocycles. The lowest BCUT2D eigenvalue weighted by atomic mass is 9.83. The van der Waals surface area contributed by atoms with E-state index in [-0.39, 0.29) is 17.6 Å². The minimum Gasteiger partial charge on any atom is -0.379 e. The minimum absolute atomic E-state index is 0.0478. The Balaban J connectivity index is 3.15. The predicted molar refractivity (Wildman–Crippen MR) is 73.0 cm³/mol. The molecule has 1 rings (SSSR count). The van der Waals surface area contributed by atoms with E-state index in [1.165, 1.54) is 0 Å². The van der Waals surface area contributed by atoms with Crippen LogP contribution in [-0.2, 0) is 11.8 Å². The summed E-state index contributed by atoms with van der Waals surface area (Å²) in [6.45, 7) is 6.53. The summed E-state index contributed by atoms with van der Waals surface area (Å²) >= 11 is 3.54. The van der Waals surface area contributed by atoms with Crippen molar-refractivity contribution < 1.29 is 4.74 Å². The van der Waals surface area contributed by atoms with Crippen molar-refractivity contribution in [2.45, 2.75) is 32.9 Å². The fourth-order valence-electron chi connectivity index (χ4n) is 2.19. The van der Waals surface area contributed by atoms with Gasteiger partial charge < -0.3 is 10.1 Å². The van der Waals surface area contributed by atoms with Gasteiger partial charge in [-0.1, -0.05) is 20.8 Å². The molecule has 2 unspecified atom stereocenters. The van der Waals surface area contributed by atoms with Crippen molar-refractivity contribution in [3.8, 4) is 0 Å². The van der Waals surface area contributed by atoms with Gasteiger partial charge in [-0.25, -0.2) is 0 Å². The highest BCUT2D eigenvalue weighted by Gasteiger charge is 2.35. The third kappa shape index (κ3) is 3.09. The highest BCUT2D eigenvalue weighted by molar-refractivity contribution is 9.10. The number of halogens is 1. The zero-order valence-corrected chi connectivity index (χ0v) is 13.0. The van der Waals surface area contributed by atoms with Gasteiger partial charge in [0.1, 0.15) is 0 Å². The number of aromatic nitrogens is 2. The van der Waals surface area contributed by atoms with E-state index in [0.29, 0.717) is 0 Å². The lowest BCUT2D eigenvalue weighted by molar-refractivity contribution is -0.0121. The van der Waals surface area contributed by atoms with E-state index in [9.17, 15) is 0 Å². The highest BCUT2D eigenvalue weighted by atomic mass is 79.9. The quantitative estimate of drug-likeness (QED) is 0.929. The lowest BCUT2D eigenvalue weighted by Crippen LogP contribution is -2.41. The van der Waals surface area contributed by atoms with Gasteiger partial charge in [-0.2, -0.15) is 5.10 Å². The highest BCUT2D eigenvalue weighted by Crippen LogP contribution is 2.34. The predicted octanol–water partition coefficient (Wildman–Crippen LogP) is 2.50. The number of hydrogen-bond acceptors (Lipinski definition) is 3. The van der Waals surface area contributed by atoms with Crippen molar-refractivity contribution in [1.29, 1.82) is 0 Å².